The van der Waals surface area contributed by atoms with Crippen LogP contribution in [0.3, 0.4) is 0 Å². The molecule has 3 N–H and O–H groups in total. The Hall–Kier alpha value is -1.69. The van der Waals surface area contributed by atoms with Crippen LogP contribution in [0.4, 0.5) is 14.5 Å². The van der Waals surface area contributed by atoms with Crippen molar-refractivity contribution >= 4 is 11.7 Å². The minimum atomic E-state index is -1.37. The molecule has 1 saturated carbocycles. The molecule has 1 aliphatic carbocycles. The van der Waals surface area contributed by atoms with Gasteiger partial charge in [-0.15, -0.1) is 0 Å². The first-order chi connectivity index (χ1) is 9.52. The summed E-state index contributed by atoms with van der Waals surface area (Å²) in [5.41, 5.74) is -0.724. The Morgan fingerprint density at radius 3 is 2.40 bits per heavy atom. The Morgan fingerprint density at radius 1 is 1.25 bits per heavy atom. The number of hydrogen-bond acceptors (Lipinski definition) is 3. The van der Waals surface area contributed by atoms with Crippen LogP contribution in [-0.4, -0.2) is 29.3 Å². The van der Waals surface area contributed by atoms with Crippen LogP contribution in [0.25, 0.3) is 0 Å². The molecule has 20 heavy (non-hydrogen) atoms. The summed E-state index contributed by atoms with van der Waals surface area (Å²) in [7, 11) is 0. The summed E-state index contributed by atoms with van der Waals surface area (Å²) < 4.78 is 27.4. The van der Waals surface area contributed by atoms with Crippen molar-refractivity contribution < 1.29 is 23.8 Å². The molecule has 0 saturated heterocycles. The number of nitrogens with one attached hydrogen (secondary N) is 1. The van der Waals surface area contributed by atoms with E-state index in [1.54, 1.807) is 0 Å². The van der Waals surface area contributed by atoms with Gasteiger partial charge in [0.1, 0.15) is 17.3 Å². The van der Waals surface area contributed by atoms with Gasteiger partial charge in [0.05, 0.1) is 5.56 Å². The first-order valence-electron chi connectivity index (χ1n) is 6.60. The molecule has 2 unspecified atom stereocenters. The third-order valence-electron chi connectivity index (χ3n) is 3.88. The molecule has 110 valence electrons. The SMILES string of the molecule is O=C(O)c1cc(F)c(NCC2CCCC2CO)c(F)c1. The van der Waals surface area contributed by atoms with E-state index in [0.29, 0.717) is 6.54 Å². The van der Waals surface area contributed by atoms with Gasteiger partial charge in [0.15, 0.2) is 0 Å². The second-order valence-corrected chi connectivity index (χ2v) is 5.13. The summed E-state index contributed by atoms with van der Waals surface area (Å²) in [5, 5.41) is 20.6. The van der Waals surface area contributed by atoms with Crippen LogP contribution in [0.1, 0.15) is 29.6 Å². The number of rotatable bonds is 5. The van der Waals surface area contributed by atoms with Crippen molar-refractivity contribution in [3.63, 3.8) is 0 Å². The van der Waals surface area contributed by atoms with E-state index in [-0.39, 0.29) is 24.1 Å². The number of halogens is 2. The van der Waals surface area contributed by atoms with Crippen LogP contribution in [0.15, 0.2) is 12.1 Å². The van der Waals surface area contributed by atoms with E-state index in [0.717, 1.165) is 31.4 Å². The van der Waals surface area contributed by atoms with Crippen molar-refractivity contribution in [3.05, 3.63) is 29.3 Å². The molecule has 2 rings (SSSR count). The molecule has 1 aromatic rings. The van der Waals surface area contributed by atoms with Crippen LogP contribution in [0.2, 0.25) is 0 Å². The van der Waals surface area contributed by atoms with E-state index in [9.17, 15) is 18.7 Å². The van der Waals surface area contributed by atoms with E-state index < -0.39 is 23.2 Å². The largest absolute Gasteiger partial charge is 0.478 e. The molecular formula is C14H17F2NO3. The number of carbonyl (C=O) groups is 1. The molecule has 1 aliphatic rings. The van der Waals surface area contributed by atoms with Crippen molar-refractivity contribution in [2.75, 3.05) is 18.5 Å². The third kappa shape index (κ3) is 3.07. The van der Waals surface area contributed by atoms with E-state index in [1.807, 2.05) is 0 Å². The van der Waals surface area contributed by atoms with Crippen LogP contribution in [0, 0.1) is 23.5 Å². The van der Waals surface area contributed by atoms with Gasteiger partial charge in [0.2, 0.25) is 0 Å². The Morgan fingerprint density at radius 2 is 1.85 bits per heavy atom. The van der Waals surface area contributed by atoms with E-state index >= 15 is 0 Å². The first kappa shape index (κ1) is 14.7. The van der Waals surface area contributed by atoms with E-state index in [2.05, 4.69) is 5.32 Å². The molecule has 0 heterocycles. The van der Waals surface area contributed by atoms with Crippen molar-refractivity contribution in [2.24, 2.45) is 11.8 Å². The minimum absolute atomic E-state index is 0.0786. The number of hydrogen-bond donors (Lipinski definition) is 3. The number of carboxylic acid groups (broad SMARTS) is 1. The molecule has 0 amide bonds. The maximum absolute atomic E-state index is 13.7. The topological polar surface area (TPSA) is 69.6 Å². The average Bonchev–Trinajstić information content (AvgIpc) is 2.84. The smallest absolute Gasteiger partial charge is 0.335 e. The molecule has 0 bridgehead atoms. The van der Waals surface area contributed by atoms with Gasteiger partial charge in [-0.3, -0.25) is 0 Å². The number of carboxylic acids is 1. The van der Waals surface area contributed by atoms with E-state index in [1.165, 1.54) is 0 Å². The molecule has 1 aromatic carbocycles. The Kier molecular flexibility index (Phi) is 4.54. The highest BCUT2D eigenvalue weighted by Gasteiger charge is 2.27. The lowest BCUT2D eigenvalue weighted by Crippen LogP contribution is -2.21. The quantitative estimate of drug-likeness (QED) is 0.777. The summed E-state index contributed by atoms with van der Waals surface area (Å²) in [6, 6.07) is 1.60. The maximum Gasteiger partial charge on any atom is 0.335 e. The number of benzene rings is 1. The standard InChI is InChI=1S/C14H17F2NO3/c15-11-4-10(14(19)20)5-12(16)13(11)17-6-8-2-1-3-9(8)7-18/h4-5,8-9,17-18H,1-3,6-7H2,(H,19,20). The molecule has 0 spiro atoms. The molecule has 1 fully saturated rings. The Labute approximate surface area is 115 Å². The molecule has 4 nitrogen and oxygen atoms in total. The van der Waals surface area contributed by atoms with Crippen molar-refractivity contribution in [3.8, 4) is 0 Å². The fourth-order valence-corrected chi connectivity index (χ4v) is 2.72. The van der Waals surface area contributed by atoms with Gasteiger partial charge in [-0.1, -0.05) is 6.42 Å². The lowest BCUT2D eigenvalue weighted by molar-refractivity contribution is 0.0696. The zero-order chi connectivity index (χ0) is 14.7. The lowest BCUT2D eigenvalue weighted by Gasteiger charge is -2.19. The summed E-state index contributed by atoms with van der Waals surface area (Å²) in [5.74, 6) is -2.86. The number of aliphatic hydroxyl groups excluding tert-OH is 1. The minimum Gasteiger partial charge on any atom is -0.478 e. The predicted molar refractivity (Wildman–Crippen MR) is 69.7 cm³/mol. The fourth-order valence-electron chi connectivity index (χ4n) is 2.72. The predicted octanol–water partition coefficient (Wildman–Crippen LogP) is 2.48. The highest BCUT2D eigenvalue weighted by Crippen LogP contribution is 2.32. The molecule has 0 aromatic heterocycles. The second kappa shape index (κ2) is 6.17. The van der Waals surface area contributed by atoms with Crippen LogP contribution < -0.4 is 5.32 Å². The zero-order valence-corrected chi connectivity index (χ0v) is 10.9. The van der Waals surface area contributed by atoms with Crippen LogP contribution in [-0.2, 0) is 0 Å². The van der Waals surface area contributed by atoms with Crippen molar-refractivity contribution in [1.29, 1.82) is 0 Å². The molecule has 0 aliphatic heterocycles. The second-order valence-electron chi connectivity index (χ2n) is 5.13. The lowest BCUT2D eigenvalue weighted by atomic mass is 9.97. The third-order valence-corrected chi connectivity index (χ3v) is 3.88. The van der Waals surface area contributed by atoms with Gasteiger partial charge < -0.3 is 15.5 Å². The van der Waals surface area contributed by atoms with Crippen molar-refractivity contribution in [1.82, 2.24) is 0 Å². The van der Waals surface area contributed by atoms with Crippen LogP contribution in [0.5, 0.6) is 0 Å². The zero-order valence-electron chi connectivity index (χ0n) is 10.9. The molecule has 2 atom stereocenters. The normalized spacial score (nSPS) is 21.9. The van der Waals surface area contributed by atoms with Gasteiger partial charge in [-0.2, -0.15) is 0 Å². The van der Waals surface area contributed by atoms with Crippen molar-refractivity contribution in [2.45, 2.75) is 19.3 Å². The summed E-state index contributed by atoms with van der Waals surface area (Å²) in [6.45, 7) is 0.445. The monoisotopic (exact) mass is 285 g/mol. The number of aliphatic hydroxyl groups is 1. The molecule has 0 radical (unpaired) electrons. The highest BCUT2D eigenvalue weighted by molar-refractivity contribution is 5.88. The first-order valence-corrected chi connectivity index (χ1v) is 6.60. The van der Waals surface area contributed by atoms with Crippen LogP contribution >= 0.6 is 0 Å². The highest BCUT2D eigenvalue weighted by atomic mass is 19.1. The van der Waals surface area contributed by atoms with Gasteiger partial charge in [0.25, 0.3) is 0 Å². The number of aromatic carboxylic acids is 1. The van der Waals surface area contributed by atoms with Gasteiger partial charge in [-0.25, -0.2) is 13.6 Å². The fraction of sp³-hybridized carbons (Fsp3) is 0.500. The van der Waals surface area contributed by atoms with E-state index in [4.69, 9.17) is 5.11 Å². The average molecular weight is 285 g/mol. The Bertz CT molecular complexity index is 484. The number of anilines is 1. The van der Waals surface area contributed by atoms with Gasteiger partial charge >= 0.3 is 5.97 Å². The maximum atomic E-state index is 13.7. The molecule has 6 heteroatoms. The summed E-state index contributed by atoms with van der Waals surface area (Å²) in [6.07, 6.45) is 2.83. The van der Waals surface area contributed by atoms with Gasteiger partial charge in [-0.05, 0) is 36.8 Å². The summed E-state index contributed by atoms with van der Waals surface area (Å²) >= 11 is 0. The summed E-state index contributed by atoms with van der Waals surface area (Å²) in [4.78, 5) is 10.7. The van der Waals surface area contributed by atoms with Gasteiger partial charge in [0, 0.05) is 13.2 Å². The Balaban J connectivity index is 2.08. The molecular weight excluding hydrogens is 268 g/mol.